The molecule has 5 atom stereocenters. The first-order valence-corrected chi connectivity index (χ1v) is 8.29. The third-order valence-electron chi connectivity index (χ3n) is 5.75. The van der Waals surface area contributed by atoms with Crippen LogP contribution in [-0.4, -0.2) is 10.7 Å². The summed E-state index contributed by atoms with van der Waals surface area (Å²) >= 11 is 0. The average molecular weight is 272 g/mol. The van der Waals surface area contributed by atoms with Gasteiger partial charge in [0.25, 0.3) is 0 Å². The second-order valence-electron chi connectivity index (χ2n) is 7.59. The lowest BCUT2D eigenvalue weighted by atomic mass is 9.64. The number of benzene rings is 1. The van der Waals surface area contributed by atoms with E-state index in [9.17, 15) is 5.11 Å². The van der Waals surface area contributed by atoms with E-state index in [0.717, 1.165) is 6.42 Å². The highest BCUT2D eigenvalue weighted by molar-refractivity contribution is 5.28. The third kappa shape index (κ3) is 2.41. The molecule has 2 saturated carbocycles. The van der Waals surface area contributed by atoms with Crippen molar-refractivity contribution < 1.29 is 5.11 Å². The molecular weight excluding hydrogens is 244 g/mol. The summed E-state index contributed by atoms with van der Waals surface area (Å²) in [5, 5.41) is 11.4. The highest BCUT2D eigenvalue weighted by Crippen LogP contribution is 2.60. The topological polar surface area (TPSA) is 20.2 Å². The molecule has 0 aromatic heterocycles. The van der Waals surface area contributed by atoms with E-state index in [0.29, 0.717) is 29.6 Å². The largest absolute Gasteiger partial charge is 0.389 e. The Balaban J connectivity index is 1.80. The van der Waals surface area contributed by atoms with E-state index in [-0.39, 0.29) is 0 Å². The average Bonchev–Trinajstić information content (AvgIpc) is 3.20. The summed E-state index contributed by atoms with van der Waals surface area (Å²) in [4.78, 5) is 0. The van der Waals surface area contributed by atoms with Gasteiger partial charge in [-0.15, -0.1) is 0 Å². The van der Waals surface area contributed by atoms with Crippen LogP contribution in [0.3, 0.4) is 0 Å². The van der Waals surface area contributed by atoms with Crippen LogP contribution in [0.4, 0.5) is 0 Å². The van der Waals surface area contributed by atoms with Crippen molar-refractivity contribution in [2.75, 3.05) is 0 Å². The van der Waals surface area contributed by atoms with Crippen molar-refractivity contribution in [2.24, 2.45) is 23.7 Å². The molecule has 0 bridgehead atoms. The van der Waals surface area contributed by atoms with Gasteiger partial charge in [0.1, 0.15) is 0 Å². The number of rotatable bonds is 3. The Bertz CT molecular complexity index is 452. The van der Waals surface area contributed by atoms with Gasteiger partial charge in [0.15, 0.2) is 0 Å². The van der Waals surface area contributed by atoms with Crippen molar-refractivity contribution in [3.63, 3.8) is 0 Å². The molecule has 1 aromatic rings. The molecule has 2 fully saturated rings. The molecule has 110 valence electrons. The maximum absolute atomic E-state index is 11.4. The van der Waals surface area contributed by atoms with E-state index in [1.54, 1.807) is 0 Å². The molecule has 1 N–H and O–H groups in total. The van der Waals surface area contributed by atoms with Gasteiger partial charge in [0.2, 0.25) is 0 Å². The zero-order chi connectivity index (χ0) is 14.3. The van der Waals surface area contributed by atoms with E-state index < -0.39 is 5.60 Å². The second kappa shape index (κ2) is 5.18. The van der Waals surface area contributed by atoms with Crippen molar-refractivity contribution in [1.82, 2.24) is 0 Å². The van der Waals surface area contributed by atoms with Gasteiger partial charge in [0.05, 0.1) is 5.60 Å². The van der Waals surface area contributed by atoms with E-state index in [2.05, 4.69) is 51.1 Å². The van der Waals surface area contributed by atoms with E-state index >= 15 is 0 Å². The Labute approximate surface area is 123 Å². The molecule has 20 heavy (non-hydrogen) atoms. The predicted molar refractivity (Wildman–Crippen MR) is 83.6 cm³/mol. The zero-order valence-corrected chi connectivity index (χ0v) is 13.0. The quantitative estimate of drug-likeness (QED) is 0.851. The van der Waals surface area contributed by atoms with Crippen LogP contribution in [0.1, 0.15) is 57.9 Å². The number of aliphatic hydroxyl groups is 1. The van der Waals surface area contributed by atoms with Crippen LogP contribution in [0, 0.1) is 23.7 Å². The van der Waals surface area contributed by atoms with E-state index in [1.807, 2.05) is 0 Å². The van der Waals surface area contributed by atoms with Crippen molar-refractivity contribution in [3.8, 4) is 0 Å². The van der Waals surface area contributed by atoms with Crippen LogP contribution >= 0.6 is 0 Å². The normalized spacial score (nSPS) is 40.9. The molecule has 1 nitrogen and oxygen atoms in total. The molecule has 0 aliphatic heterocycles. The molecule has 1 heteroatoms. The highest BCUT2D eigenvalue weighted by atomic mass is 16.3. The Morgan fingerprint density at radius 1 is 1.15 bits per heavy atom. The van der Waals surface area contributed by atoms with Crippen molar-refractivity contribution in [1.29, 1.82) is 0 Å². The monoisotopic (exact) mass is 272 g/mol. The SMILES string of the molecule is CC1CCC(C(C)C)C(O)(C2CC2c2ccccc2)C1. The van der Waals surface area contributed by atoms with Crippen molar-refractivity contribution >= 4 is 0 Å². The van der Waals surface area contributed by atoms with Crippen LogP contribution in [0.25, 0.3) is 0 Å². The minimum Gasteiger partial charge on any atom is -0.389 e. The summed E-state index contributed by atoms with van der Waals surface area (Å²) < 4.78 is 0. The van der Waals surface area contributed by atoms with Crippen molar-refractivity contribution in [2.45, 2.75) is 58.0 Å². The molecule has 2 aliphatic rings. The lowest BCUT2D eigenvalue weighted by Crippen LogP contribution is -2.47. The first kappa shape index (κ1) is 14.1. The van der Waals surface area contributed by atoms with Gasteiger partial charge in [-0.05, 0) is 54.4 Å². The minimum absolute atomic E-state index is 0.424. The zero-order valence-electron chi connectivity index (χ0n) is 13.0. The van der Waals surface area contributed by atoms with Crippen LogP contribution in [0.5, 0.6) is 0 Å². The van der Waals surface area contributed by atoms with Gasteiger partial charge in [0, 0.05) is 0 Å². The molecule has 0 saturated heterocycles. The summed E-state index contributed by atoms with van der Waals surface area (Å²) in [7, 11) is 0. The van der Waals surface area contributed by atoms with Gasteiger partial charge in [-0.25, -0.2) is 0 Å². The lowest BCUT2D eigenvalue weighted by Gasteiger charge is -2.45. The van der Waals surface area contributed by atoms with Gasteiger partial charge >= 0.3 is 0 Å². The smallest absolute Gasteiger partial charge is 0.0714 e. The Hall–Kier alpha value is -0.820. The van der Waals surface area contributed by atoms with Gasteiger partial charge in [-0.3, -0.25) is 0 Å². The lowest BCUT2D eigenvalue weighted by molar-refractivity contribution is -0.0981. The summed E-state index contributed by atoms with van der Waals surface area (Å²) in [5.74, 6) is 2.82. The molecular formula is C19H28O. The van der Waals surface area contributed by atoms with Crippen LogP contribution in [-0.2, 0) is 0 Å². The van der Waals surface area contributed by atoms with Gasteiger partial charge < -0.3 is 5.11 Å². The first-order valence-electron chi connectivity index (χ1n) is 8.29. The molecule has 0 spiro atoms. The predicted octanol–water partition coefficient (Wildman–Crippen LogP) is 4.61. The standard InChI is InChI=1S/C19H28O/c1-13(2)17-10-9-14(3)12-19(17,20)18-11-16(18)15-7-5-4-6-8-15/h4-8,13-14,16-18,20H,9-12H2,1-3H3. The number of hydrogen-bond donors (Lipinski definition) is 1. The Morgan fingerprint density at radius 3 is 2.50 bits per heavy atom. The molecule has 3 rings (SSSR count). The Kier molecular flexibility index (Phi) is 3.66. The molecule has 2 aliphatic carbocycles. The molecule has 0 radical (unpaired) electrons. The van der Waals surface area contributed by atoms with Crippen LogP contribution in [0.15, 0.2) is 30.3 Å². The maximum Gasteiger partial charge on any atom is 0.0714 e. The third-order valence-corrected chi connectivity index (χ3v) is 5.75. The van der Waals surface area contributed by atoms with E-state index in [1.165, 1.54) is 24.8 Å². The fraction of sp³-hybridized carbons (Fsp3) is 0.684. The van der Waals surface area contributed by atoms with Crippen molar-refractivity contribution in [3.05, 3.63) is 35.9 Å². The van der Waals surface area contributed by atoms with Crippen LogP contribution < -0.4 is 0 Å². The summed E-state index contributed by atoms with van der Waals surface area (Å²) in [6.07, 6.45) is 4.67. The molecule has 0 heterocycles. The molecule has 5 unspecified atom stereocenters. The van der Waals surface area contributed by atoms with E-state index in [4.69, 9.17) is 0 Å². The second-order valence-corrected chi connectivity index (χ2v) is 7.59. The summed E-state index contributed by atoms with van der Waals surface area (Å²) in [5.41, 5.74) is 0.999. The van der Waals surface area contributed by atoms with Gasteiger partial charge in [-0.1, -0.05) is 57.5 Å². The summed E-state index contributed by atoms with van der Waals surface area (Å²) in [6, 6.07) is 10.8. The first-order chi connectivity index (χ1) is 9.52. The van der Waals surface area contributed by atoms with Gasteiger partial charge in [-0.2, -0.15) is 0 Å². The minimum atomic E-state index is -0.424. The molecule has 1 aromatic carbocycles. The molecule has 0 amide bonds. The Morgan fingerprint density at radius 2 is 1.85 bits per heavy atom. The number of hydrogen-bond acceptors (Lipinski definition) is 1. The highest BCUT2D eigenvalue weighted by Gasteiger charge is 2.57. The maximum atomic E-state index is 11.4. The fourth-order valence-corrected chi connectivity index (χ4v) is 4.68. The summed E-state index contributed by atoms with van der Waals surface area (Å²) in [6.45, 7) is 6.87. The van der Waals surface area contributed by atoms with Crippen LogP contribution in [0.2, 0.25) is 0 Å². The fourth-order valence-electron chi connectivity index (χ4n) is 4.68.